The van der Waals surface area contributed by atoms with Gasteiger partial charge in [0.25, 0.3) is 0 Å². The molecule has 0 radical (unpaired) electrons. The van der Waals surface area contributed by atoms with E-state index >= 15 is 0 Å². The number of carbonyl (C=O) groups is 1. The Hall–Kier alpha value is -1.33. The molecule has 3 nitrogen and oxygen atoms in total. The third kappa shape index (κ3) is 1.83. The smallest absolute Gasteiger partial charge is 0.175 e. The van der Waals surface area contributed by atoms with Crippen LogP contribution < -0.4 is 5.73 Å². The molecule has 98 valence electrons. The molecule has 2 N–H and O–H groups in total. The van der Waals surface area contributed by atoms with E-state index in [0.717, 1.165) is 0 Å². The van der Waals surface area contributed by atoms with Crippen molar-refractivity contribution in [1.29, 1.82) is 0 Å². The van der Waals surface area contributed by atoms with Crippen LogP contribution in [0, 0.1) is 24.0 Å². The minimum atomic E-state index is -1.11. The van der Waals surface area contributed by atoms with Gasteiger partial charge in [0.2, 0.25) is 0 Å². The Morgan fingerprint density at radius 1 is 1.44 bits per heavy atom. The summed E-state index contributed by atoms with van der Waals surface area (Å²) < 4.78 is 32.4. The van der Waals surface area contributed by atoms with Crippen molar-refractivity contribution in [3.8, 4) is 0 Å². The van der Waals surface area contributed by atoms with Gasteiger partial charge in [0, 0.05) is 6.04 Å². The van der Waals surface area contributed by atoms with Gasteiger partial charge in [-0.15, -0.1) is 0 Å². The third-order valence-electron chi connectivity index (χ3n) is 3.56. The van der Waals surface area contributed by atoms with E-state index in [1.807, 2.05) is 0 Å². The van der Waals surface area contributed by atoms with Gasteiger partial charge in [0.15, 0.2) is 17.4 Å². The predicted octanol–water partition coefficient (Wildman–Crippen LogP) is 1.82. The van der Waals surface area contributed by atoms with Crippen molar-refractivity contribution >= 4 is 5.78 Å². The second kappa shape index (κ2) is 4.40. The fourth-order valence-corrected chi connectivity index (χ4v) is 2.05. The van der Waals surface area contributed by atoms with Crippen molar-refractivity contribution in [2.45, 2.75) is 19.9 Å². The van der Waals surface area contributed by atoms with Crippen LogP contribution in [0.5, 0.6) is 0 Å². The first-order valence-electron chi connectivity index (χ1n) is 5.70. The van der Waals surface area contributed by atoms with Gasteiger partial charge in [0.1, 0.15) is 0 Å². The molecule has 0 spiro atoms. The van der Waals surface area contributed by atoms with Crippen LogP contribution in [0.3, 0.4) is 0 Å². The Balaban J connectivity index is 2.44. The van der Waals surface area contributed by atoms with Gasteiger partial charge in [0.05, 0.1) is 24.2 Å². The van der Waals surface area contributed by atoms with Gasteiger partial charge < -0.3 is 10.5 Å². The fraction of sp³-hybridized carbons (Fsp3) is 0.462. The van der Waals surface area contributed by atoms with Crippen molar-refractivity contribution < 1.29 is 18.3 Å². The Morgan fingerprint density at radius 2 is 2.11 bits per heavy atom. The SMILES string of the molecule is Cc1ccc(C(=O)C2(C)COCC2N)c(F)c1F. The summed E-state index contributed by atoms with van der Waals surface area (Å²) >= 11 is 0. The van der Waals surface area contributed by atoms with Crippen molar-refractivity contribution in [3.63, 3.8) is 0 Å². The first-order chi connectivity index (χ1) is 8.38. The number of ether oxygens (including phenoxy) is 1. The first kappa shape index (κ1) is 13.1. The summed E-state index contributed by atoms with van der Waals surface area (Å²) in [5, 5.41) is 0. The topological polar surface area (TPSA) is 52.3 Å². The summed E-state index contributed by atoms with van der Waals surface area (Å²) in [6, 6.07) is 2.18. The molecule has 1 aliphatic rings. The molecule has 2 rings (SSSR count). The Bertz CT molecular complexity index is 504. The summed E-state index contributed by atoms with van der Waals surface area (Å²) in [5.41, 5.74) is 4.72. The van der Waals surface area contributed by atoms with Crippen molar-refractivity contribution in [2.24, 2.45) is 11.1 Å². The van der Waals surface area contributed by atoms with Crippen LogP contribution >= 0.6 is 0 Å². The highest BCUT2D eigenvalue weighted by Gasteiger charge is 2.45. The Morgan fingerprint density at radius 3 is 2.67 bits per heavy atom. The molecule has 1 saturated heterocycles. The number of benzene rings is 1. The third-order valence-corrected chi connectivity index (χ3v) is 3.56. The zero-order valence-corrected chi connectivity index (χ0v) is 10.3. The van der Waals surface area contributed by atoms with Crippen LogP contribution in [0.25, 0.3) is 0 Å². The van der Waals surface area contributed by atoms with Crippen LogP contribution in [0.2, 0.25) is 0 Å². The molecule has 1 aromatic carbocycles. The molecule has 0 aromatic heterocycles. The molecule has 2 unspecified atom stereocenters. The molecule has 0 amide bonds. The number of nitrogens with two attached hydrogens (primary N) is 1. The highest BCUT2D eigenvalue weighted by molar-refractivity contribution is 6.01. The van der Waals surface area contributed by atoms with E-state index in [-0.39, 0.29) is 24.3 Å². The highest BCUT2D eigenvalue weighted by atomic mass is 19.2. The number of hydrogen-bond donors (Lipinski definition) is 1. The van der Waals surface area contributed by atoms with Gasteiger partial charge in [-0.3, -0.25) is 4.79 Å². The largest absolute Gasteiger partial charge is 0.379 e. The molecule has 0 bridgehead atoms. The number of ketones is 1. The van der Waals surface area contributed by atoms with Gasteiger partial charge >= 0.3 is 0 Å². The molecule has 2 atom stereocenters. The van der Waals surface area contributed by atoms with E-state index in [1.165, 1.54) is 19.1 Å². The molecular formula is C13H15F2NO2. The lowest BCUT2D eigenvalue weighted by molar-refractivity contribution is 0.0762. The van der Waals surface area contributed by atoms with Crippen molar-refractivity contribution in [3.05, 3.63) is 34.9 Å². The summed E-state index contributed by atoms with van der Waals surface area (Å²) in [4.78, 5) is 12.3. The maximum atomic E-state index is 13.8. The summed E-state index contributed by atoms with van der Waals surface area (Å²) in [7, 11) is 0. The van der Waals surface area contributed by atoms with Gasteiger partial charge in [-0.1, -0.05) is 6.07 Å². The summed E-state index contributed by atoms with van der Waals surface area (Å²) in [6.45, 7) is 3.43. The minimum absolute atomic E-state index is 0.127. The van der Waals surface area contributed by atoms with E-state index in [0.29, 0.717) is 0 Å². The number of aryl methyl sites for hydroxylation is 1. The molecule has 0 saturated carbocycles. The molecule has 1 heterocycles. The quantitative estimate of drug-likeness (QED) is 0.820. The van der Waals surface area contributed by atoms with Crippen molar-refractivity contribution in [1.82, 2.24) is 0 Å². The van der Waals surface area contributed by atoms with Gasteiger partial charge in [-0.05, 0) is 25.5 Å². The molecule has 1 aliphatic heterocycles. The van der Waals surface area contributed by atoms with Crippen LogP contribution in [0.4, 0.5) is 8.78 Å². The Kier molecular flexibility index (Phi) is 3.21. The fourth-order valence-electron chi connectivity index (χ4n) is 2.05. The van der Waals surface area contributed by atoms with Gasteiger partial charge in [-0.25, -0.2) is 8.78 Å². The second-order valence-electron chi connectivity index (χ2n) is 4.93. The zero-order valence-electron chi connectivity index (χ0n) is 10.3. The molecule has 18 heavy (non-hydrogen) atoms. The highest BCUT2D eigenvalue weighted by Crippen LogP contribution is 2.32. The van der Waals surface area contributed by atoms with E-state index in [4.69, 9.17) is 10.5 Å². The van der Waals surface area contributed by atoms with E-state index in [2.05, 4.69) is 0 Å². The van der Waals surface area contributed by atoms with E-state index in [9.17, 15) is 13.6 Å². The molecule has 0 aliphatic carbocycles. The van der Waals surface area contributed by atoms with Crippen molar-refractivity contribution in [2.75, 3.05) is 13.2 Å². The predicted molar refractivity (Wildman–Crippen MR) is 62.3 cm³/mol. The lowest BCUT2D eigenvalue weighted by atomic mass is 9.78. The van der Waals surface area contributed by atoms with E-state index < -0.39 is 28.9 Å². The molecule has 5 heteroatoms. The normalized spacial score (nSPS) is 27.5. The van der Waals surface area contributed by atoms with E-state index in [1.54, 1.807) is 6.92 Å². The molecule has 1 fully saturated rings. The van der Waals surface area contributed by atoms with Crippen LogP contribution in [-0.4, -0.2) is 25.0 Å². The number of hydrogen-bond acceptors (Lipinski definition) is 3. The average molecular weight is 255 g/mol. The number of halogens is 2. The summed E-state index contributed by atoms with van der Waals surface area (Å²) in [5.74, 6) is -2.61. The maximum Gasteiger partial charge on any atom is 0.175 e. The second-order valence-corrected chi connectivity index (χ2v) is 4.93. The molecule has 1 aromatic rings. The van der Waals surface area contributed by atoms with Gasteiger partial charge in [-0.2, -0.15) is 0 Å². The lowest BCUT2D eigenvalue weighted by Crippen LogP contribution is -2.44. The zero-order chi connectivity index (χ0) is 13.5. The standard InChI is InChI=1S/C13H15F2NO2/c1-7-3-4-8(11(15)10(7)14)12(17)13(2)6-18-5-9(13)16/h3-4,9H,5-6,16H2,1-2H3. The van der Waals surface area contributed by atoms with Crippen LogP contribution in [-0.2, 0) is 4.74 Å². The minimum Gasteiger partial charge on any atom is -0.379 e. The average Bonchev–Trinajstić information content (AvgIpc) is 2.67. The van der Waals surface area contributed by atoms with Crippen LogP contribution in [0.1, 0.15) is 22.8 Å². The lowest BCUT2D eigenvalue weighted by Gasteiger charge is -2.25. The molecular weight excluding hydrogens is 240 g/mol. The monoisotopic (exact) mass is 255 g/mol. The number of carbonyl (C=O) groups excluding carboxylic acids is 1. The summed E-state index contributed by atoms with van der Waals surface area (Å²) in [6.07, 6.45) is 0. The maximum absolute atomic E-state index is 13.8. The first-order valence-corrected chi connectivity index (χ1v) is 5.70. The number of Topliss-reactive ketones (excluding diaryl/α,β-unsaturated/α-hetero) is 1. The Labute approximate surface area is 104 Å². The number of rotatable bonds is 2. The van der Waals surface area contributed by atoms with Crippen LogP contribution in [0.15, 0.2) is 12.1 Å².